The molecule has 1 aromatic carbocycles. The molecule has 1 atom stereocenters. The maximum Gasteiger partial charge on any atom is 0.227 e. The quantitative estimate of drug-likeness (QED) is 0.394. The number of aliphatic imine (C=N–C) groups is 1. The molecule has 2 aromatic rings. The Bertz CT molecular complexity index is 884. The Hall–Kier alpha value is -2.80. The van der Waals surface area contributed by atoms with Gasteiger partial charge in [0.15, 0.2) is 5.96 Å². The smallest absolute Gasteiger partial charge is 0.227 e. The number of rotatable bonds is 8. The van der Waals surface area contributed by atoms with E-state index in [2.05, 4.69) is 20.9 Å². The number of nitrogens with one attached hydrogen (secondary N) is 3. The van der Waals surface area contributed by atoms with Gasteiger partial charge in [-0.1, -0.05) is 18.6 Å². The number of aryl methyl sites for hydroxylation is 1. The van der Waals surface area contributed by atoms with Crippen LogP contribution in [0.25, 0.3) is 0 Å². The topological polar surface area (TPSA) is 98.9 Å². The highest BCUT2D eigenvalue weighted by Gasteiger charge is 2.27. The zero-order valence-corrected chi connectivity index (χ0v) is 18.0. The summed E-state index contributed by atoms with van der Waals surface area (Å²) in [6.07, 6.45) is 3.10. The van der Waals surface area contributed by atoms with Crippen molar-refractivity contribution in [3.05, 3.63) is 53.5 Å². The van der Waals surface area contributed by atoms with E-state index in [1.807, 2.05) is 44.2 Å². The summed E-state index contributed by atoms with van der Waals surface area (Å²) in [5, 5.41) is 20.1. The van der Waals surface area contributed by atoms with Gasteiger partial charge in [0.05, 0.1) is 13.1 Å². The molecule has 1 aliphatic carbocycles. The molecule has 3 rings (SSSR count). The number of aliphatic hydroxyl groups is 1. The van der Waals surface area contributed by atoms with Crippen molar-refractivity contribution in [2.45, 2.75) is 52.2 Å². The normalized spacial score (nSPS) is 16.5. The third kappa shape index (κ3) is 5.86. The van der Waals surface area contributed by atoms with E-state index in [1.54, 1.807) is 13.0 Å². The first kappa shape index (κ1) is 21.9. The second-order valence-corrected chi connectivity index (χ2v) is 8.05. The monoisotopic (exact) mass is 412 g/mol. The number of furan rings is 1. The summed E-state index contributed by atoms with van der Waals surface area (Å²) in [6, 6.07) is 11.4. The number of carbonyl (C=O) groups excluding carboxylic acids is 1. The summed E-state index contributed by atoms with van der Waals surface area (Å²) in [5.74, 6) is 2.13. The summed E-state index contributed by atoms with van der Waals surface area (Å²) < 4.78 is 5.56. The van der Waals surface area contributed by atoms with Crippen LogP contribution in [0.5, 0.6) is 0 Å². The predicted octanol–water partition coefficient (Wildman–Crippen LogP) is 3.29. The summed E-state index contributed by atoms with van der Waals surface area (Å²) in [6.45, 7) is 6.94. The fraction of sp³-hybridized carbons (Fsp3) is 0.478. The highest BCUT2D eigenvalue weighted by atomic mass is 16.4. The highest BCUT2D eigenvalue weighted by Crippen LogP contribution is 2.27. The second kappa shape index (κ2) is 9.80. The molecule has 1 unspecified atom stereocenters. The minimum Gasteiger partial charge on any atom is -0.463 e. The lowest BCUT2D eigenvalue weighted by atomic mass is 9.85. The zero-order chi connectivity index (χ0) is 21.6. The van der Waals surface area contributed by atoms with Crippen LogP contribution in [0.3, 0.4) is 0 Å². The Morgan fingerprint density at radius 1 is 1.27 bits per heavy atom. The van der Waals surface area contributed by atoms with E-state index in [9.17, 15) is 9.90 Å². The molecule has 0 bridgehead atoms. The molecule has 1 heterocycles. The first-order valence-electron chi connectivity index (χ1n) is 10.6. The lowest BCUT2D eigenvalue weighted by molar-refractivity contribution is -0.122. The van der Waals surface area contributed by atoms with Crippen LogP contribution in [0.15, 0.2) is 45.8 Å². The van der Waals surface area contributed by atoms with Crippen LogP contribution in [0.4, 0.5) is 5.69 Å². The molecule has 4 N–H and O–H groups in total. The van der Waals surface area contributed by atoms with Crippen molar-refractivity contribution in [2.75, 3.05) is 18.4 Å². The Balaban J connectivity index is 1.60. The molecule has 0 spiro atoms. The Labute approximate surface area is 178 Å². The first-order chi connectivity index (χ1) is 14.4. The van der Waals surface area contributed by atoms with Crippen LogP contribution in [-0.4, -0.2) is 30.1 Å². The van der Waals surface area contributed by atoms with Crippen molar-refractivity contribution >= 4 is 17.6 Å². The number of amides is 1. The largest absolute Gasteiger partial charge is 0.463 e. The number of anilines is 1. The number of guanidine groups is 1. The lowest BCUT2D eigenvalue weighted by Crippen LogP contribution is -2.44. The van der Waals surface area contributed by atoms with Gasteiger partial charge >= 0.3 is 0 Å². The van der Waals surface area contributed by atoms with Gasteiger partial charge in [0.25, 0.3) is 0 Å². The van der Waals surface area contributed by atoms with Gasteiger partial charge in [-0.05, 0) is 63.4 Å². The van der Waals surface area contributed by atoms with Crippen molar-refractivity contribution in [2.24, 2.45) is 10.9 Å². The van der Waals surface area contributed by atoms with Crippen LogP contribution in [0, 0.1) is 12.8 Å². The van der Waals surface area contributed by atoms with Crippen LogP contribution in [-0.2, 0) is 16.9 Å². The maximum atomic E-state index is 12.2. The van der Waals surface area contributed by atoms with E-state index in [1.165, 1.54) is 0 Å². The number of hydrogen-bond acceptors (Lipinski definition) is 4. The van der Waals surface area contributed by atoms with Crippen molar-refractivity contribution in [3.8, 4) is 0 Å². The molecule has 7 heteroatoms. The van der Waals surface area contributed by atoms with Gasteiger partial charge < -0.3 is 25.5 Å². The summed E-state index contributed by atoms with van der Waals surface area (Å²) in [5.41, 5.74) is 0.636. The minimum absolute atomic E-state index is 0.104. The predicted molar refractivity (Wildman–Crippen MR) is 118 cm³/mol. The molecule has 1 fully saturated rings. The Morgan fingerprint density at radius 3 is 2.70 bits per heavy atom. The molecule has 162 valence electrons. The van der Waals surface area contributed by atoms with E-state index < -0.39 is 5.60 Å². The molecule has 1 amide bonds. The zero-order valence-electron chi connectivity index (χ0n) is 18.0. The molecule has 1 saturated carbocycles. The first-order valence-corrected chi connectivity index (χ1v) is 10.6. The van der Waals surface area contributed by atoms with Crippen molar-refractivity contribution < 1.29 is 14.3 Å². The Kier molecular flexibility index (Phi) is 7.15. The SMILES string of the molecule is CCNC(=NCc1cccc(NC(=O)C2CCC2)c1)NCC(C)(O)c1ccc(C)o1. The van der Waals surface area contributed by atoms with Crippen LogP contribution in [0.2, 0.25) is 0 Å². The molecule has 1 aliphatic rings. The van der Waals surface area contributed by atoms with E-state index in [0.717, 1.165) is 36.3 Å². The van der Waals surface area contributed by atoms with Gasteiger partial charge in [0, 0.05) is 18.2 Å². The van der Waals surface area contributed by atoms with E-state index in [-0.39, 0.29) is 18.4 Å². The maximum absolute atomic E-state index is 12.2. The van der Waals surface area contributed by atoms with Crippen molar-refractivity contribution in [1.82, 2.24) is 10.6 Å². The van der Waals surface area contributed by atoms with Gasteiger partial charge in [-0.2, -0.15) is 0 Å². The average Bonchev–Trinajstić information content (AvgIpc) is 3.10. The molecule has 0 aliphatic heterocycles. The van der Waals surface area contributed by atoms with E-state index in [4.69, 9.17) is 4.42 Å². The van der Waals surface area contributed by atoms with Crippen LogP contribution in [0.1, 0.15) is 50.2 Å². The van der Waals surface area contributed by atoms with Gasteiger partial charge in [-0.25, -0.2) is 4.99 Å². The van der Waals surface area contributed by atoms with Gasteiger partial charge in [0.2, 0.25) is 5.91 Å². The second-order valence-electron chi connectivity index (χ2n) is 8.05. The lowest BCUT2D eigenvalue weighted by Gasteiger charge is -2.24. The van der Waals surface area contributed by atoms with Gasteiger partial charge in [-0.3, -0.25) is 4.79 Å². The summed E-state index contributed by atoms with van der Waals surface area (Å²) >= 11 is 0. The standard InChI is InChI=1S/C23H32N4O3/c1-4-24-22(26-15-23(3,29)20-12-11-16(2)30-20)25-14-17-7-5-10-19(13-17)27-21(28)18-8-6-9-18/h5,7,10-13,18,29H,4,6,8-9,14-15H2,1-3H3,(H,27,28)(H2,24,25,26). The van der Waals surface area contributed by atoms with Gasteiger partial charge in [-0.15, -0.1) is 0 Å². The molecule has 1 aromatic heterocycles. The van der Waals surface area contributed by atoms with Gasteiger partial charge in [0.1, 0.15) is 17.1 Å². The number of benzene rings is 1. The molecule has 30 heavy (non-hydrogen) atoms. The highest BCUT2D eigenvalue weighted by molar-refractivity contribution is 5.93. The third-order valence-electron chi connectivity index (χ3n) is 5.31. The molecule has 0 radical (unpaired) electrons. The average molecular weight is 413 g/mol. The van der Waals surface area contributed by atoms with Crippen LogP contribution >= 0.6 is 0 Å². The number of hydrogen-bond donors (Lipinski definition) is 4. The third-order valence-corrected chi connectivity index (χ3v) is 5.31. The van der Waals surface area contributed by atoms with Crippen LogP contribution < -0.4 is 16.0 Å². The summed E-state index contributed by atoms with van der Waals surface area (Å²) in [4.78, 5) is 16.8. The number of carbonyl (C=O) groups is 1. The minimum atomic E-state index is -1.16. The van der Waals surface area contributed by atoms with Crippen molar-refractivity contribution in [3.63, 3.8) is 0 Å². The molecule has 0 saturated heterocycles. The van der Waals surface area contributed by atoms with E-state index >= 15 is 0 Å². The fourth-order valence-electron chi connectivity index (χ4n) is 3.24. The molecular formula is C23H32N4O3. The molecule has 7 nitrogen and oxygen atoms in total. The molecular weight excluding hydrogens is 380 g/mol. The number of nitrogens with zero attached hydrogens (tertiary/aromatic N) is 1. The fourth-order valence-corrected chi connectivity index (χ4v) is 3.24. The van der Waals surface area contributed by atoms with Crippen molar-refractivity contribution in [1.29, 1.82) is 0 Å². The summed E-state index contributed by atoms with van der Waals surface area (Å²) in [7, 11) is 0. The van der Waals surface area contributed by atoms with E-state index in [0.29, 0.717) is 24.8 Å². The Morgan fingerprint density at radius 2 is 2.07 bits per heavy atom.